The monoisotopic (exact) mass is 449 g/mol. The Kier molecular flexibility index (Phi) is 11.1. The Bertz CT molecular complexity index is 737. The van der Waals surface area contributed by atoms with Crippen molar-refractivity contribution in [2.24, 2.45) is 5.11 Å². The Morgan fingerprint density at radius 2 is 1.93 bits per heavy atom. The van der Waals surface area contributed by atoms with E-state index in [1.54, 1.807) is 0 Å². The number of likely N-dealkylation sites (N-methyl/N-ethyl adjacent to an activating group) is 1. The Balaban J connectivity index is 2.70. The first-order valence-electron chi connectivity index (χ1n) is 9.39. The molecule has 0 aromatic carbocycles. The molecule has 1 rings (SSSR count). The molecule has 14 heteroatoms. The number of imide groups is 1. The summed E-state index contributed by atoms with van der Waals surface area (Å²) in [6, 6.07) is 0. The molecule has 170 valence electrons. The number of unbranched alkanes of at least 4 members (excludes halogenated alkanes) is 2. The highest BCUT2D eigenvalue weighted by Crippen LogP contribution is 2.16. The number of hydrogen-bond acceptors (Lipinski definition) is 9. The van der Waals surface area contributed by atoms with Crippen molar-refractivity contribution in [3.05, 3.63) is 10.4 Å². The molecule has 1 aliphatic heterocycles. The molecule has 0 saturated carbocycles. The lowest BCUT2D eigenvalue weighted by Crippen LogP contribution is -2.39. The van der Waals surface area contributed by atoms with Gasteiger partial charge in [0.1, 0.15) is 11.9 Å². The van der Waals surface area contributed by atoms with Gasteiger partial charge in [-0.15, -0.1) is 0 Å². The first-order chi connectivity index (χ1) is 14.2. The molecule has 1 aliphatic rings. The number of carbonyl (C=O) groups is 3. The van der Waals surface area contributed by atoms with Crippen molar-refractivity contribution >= 4 is 28.0 Å². The largest absolute Gasteiger partial charge is 0.534 e. The zero-order valence-corrected chi connectivity index (χ0v) is 17.9. The van der Waals surface area contributed by atoms with E-state index in [0.717, 1.165) is 4.31 Å². The fourth-order valence-electron chi connectivity index (χ4n) is 2.56. The van der Waals surface area contributed by atoms with Crippen LogP contribution in [0.4, 0.5) is 4.79 Å². The van der Waals surface area contributed by atoms with Gasteiger partial charge in [0.2, 0.25) is 10.0 Å². The lowest BCUT2D eigenvalue weighted by molar-refractivity contribution is -0.178. The summed E-state index contributed by atoms with van der Waals surface area (Å²) in [6.45, 7) is 0.627. The van der Waals surface area contributed by atoms with Gasteiger partial charge < -0.3 is 9.47 Å². The average molecular weight is 449 g/mol. The van der Waals surface area contributed by atoms with Crippen LogP contribution in [0.25, 0.3) is 10.4 Å². The number of hydrogen-bond donors (Lipinski definition) is 0. The van der Waals surface area contributed by atoms with E-state index in [2.05, 4.69) is 14.9 Å². The van der Waals surface area contributed by atoms with Gasteiger partial charge in [0, 0.05) is 45.0 Å². The lowest BCUT2D eigenvalue weighted by atomic mass is 10.1. The highest BCUT2D eigenvalue weighted by atomic mass is 32.2. The van der Waals surface area contributed by atoms with E-state index in [4.69, 9.17) is 15.0 Å². The van der Waals surface area contributed by atoms with Gasteiger partial charge in [-0.3, -0.25) is 14.4 Å². The molecule has 0 N–H and O–H groups in total. The second kappa shape index (κ2) is 13.0. The quantitative estimate of drug-likeness (QED) is 0.0955. The topological polar surface area (TPSA) is 168 Å². The summed E-state index contributed by atoms with van der Waals surface area (Å²) in [5, 5.41) is 3.74. The van der Waals surface area contributed by atoms with Crippen LogP contribution >= 0.6 is 0 Å². The number of nitrogens with zero attached hydrogens (tertiary/aromatic N) is 5. The number of hydroxylamine groups is 2. The first kappa shape index (κ1) is 25.6. The summed E-state index contributed by atoms with van der Waals surface area (Å²) in [7, 11) is -0.947. The number of sulfonamides is 1. The molecule has 1 heterocycles. The predicted molar refractivity (Wildman–Crippen MR) is 103 cm³/mol. The van der Waals surface area contributed by atoms with E-state index in [1.807, 2.05) is 0 Å². The van der Waals surface area contributed by atoms with Gasteiger partial charge in [-0.1, -0.05) is 16.6 Å². The van der Waals surface area contributed by atoms with E-state index >= 15 is 0 Å². The standard InChI is InChI=1S/C16H27N5O8S/c1-20(10-11-27-2)30(25,26)12-13(6-4-3-5-9-18-19-17)28-16(24)29-21-14(22)7-8-15(21)23/h13H,3-12H2,1-2H3. The van der Waals surface area contributed by atoms with Gasteiger partial charge in [-0.2, -0.15) is 0 Å². The van der Waals surface area contributed by atoms with Crippen molar-refractivity contribution in [1.82, 2.24) is 9.37 Å². The minimum absolute atomic E-state index is 0.0700. The molecule has 30 heavy (non-hydrogen) atoms. The molecule has 0 aromatic rings. The Labute approximate surface area is 174 Å². The molecule has 13 nitrogen and oxygen atoms in total. The SMILES string of the molecule is COCCN(C)S(=O)(=O)CC(CCCCCN=[N+]=[N-])OC(=O)ON1C(=O)CCC1=O. The van der Waals surface area contributed by atoms with Gasteiger partial charge in [-0.05, 0) is 24.8 Å². The third-order valence-corrected chi connectivity index (χ3v) is 6.19. The third kappa shape index (κ3) is 8.95. The summed E-state index contributed by atoms with van der Waals surface area (Å²) >= 11 is 0. The summed E-state index contributed by atoms with van der Waals surface area (Å²) in [4.78, 5) is 42.4. The highest BCUT2D eigenvalue weighted by molar-refractivity contribution is 7.89. The van der Waals surface area contributed by atoms with Crippen LogP contribution in [0.2, 0.25) is 0 Å². The fraction of sp³-hybridized carbons (Fsp3) is 0.812. The lowest BCUT2D eigenvalue weighted by Gasteiger charge is -2.22. The zero-order valence-electron chi connectivity index (χ0n) is 17.1. The van der Waals surface area contributed by atoms with Crippen molar-refractivity contribution < 1.29 is 37.1 Å². The van der Waals surface area contributed by atoms with Crippen LogP contribution in [0.3, 0.4) is 0 Å². The first-order valence-corrected chi connectivity index (χ1v) is 11.0. The molecule has 1 saturated heterocycles. The minimum atomic E-state index is -3.77. The number of azide groups is 1. The molecule has 0 aromatic heterocycles. The van der Waals surface area contributed by atoms with E-state index in [1.165, 1.54) is 14.2 Å². The molecule has 2 amide bonds. The van der Waals surface area contributed by atoms with Crippen molar-refractivity contribution in [3.63, 3.8) is 0 Å². The number of ether oxygens (including phenoxy) is 2. The van der Waals surface area contributed by atoms with Crippen molar-refractivity contribution in [2.45, 2.75) is 44.6 Å². The highest BCUT2D eigenvalue weighted by Gasteiger charge is 2.34. The molecule has 1 fully saturated rings. The average Bonchev–Trinajstić information content (AvgIpc) is 3.00. The maximum atomic E-state index is 12.5. The van der Waals surface area contributed by atoms with Crippen LogP contribution in [0, 0.1) is 0 Å². The van der Waals surface area contributed by atoms with Gasteiger partial charge in [0.15, 0.2) is 0 Å². The molecule has 0 radical (unpaired) electrons. The van der Waals surface area contributed by atoms with Gasteiger partial charge in [-0.25, -0.2) is 17.5 Å². The van der Waals surface area contributed by atoms with E-state index < -0.39 is 39.8 Å². The van der Waals surface area contributed by atoms with Gasteiger partial charge in [0.05, 0.1) is 6.61 Å². The van der Waals surface area contributed by atoms with E-state index in [9.17, 15) is 22.8 Å². The molecule has 1 unspecified atom stereocenters. The second-order valence-electron chi connectivity index (χ2n) is 6.56. The van der Waals surface area contributed by atoms with Crippen molar-refractivity contribution in [3.8, 4) is 0 Å². The maximum absolute atomic E-state index is 12.5. The summed E-state index contributed by atoms with van der Waals surface area (Å²) in [5.74, 6) is -1.84. The summed E-state index contributed by atoms with van der Waals surface area (Å²) in [5.41, 5.74) is 8.26. The van der Waals surface area contributed by atoms with Crippen molar-refractivity contribution in [1.29, 1.82) is 0 Å². The van der Waals surface area contributed by atoms with Crippen LogP contribution in [-0.4, -0.2) is 81.5 Å². The van der Waals surface area contributed by atoms with Crippen LogP contribution in [-0.2, 0) is 33.9 Å². The van der Waals surface area contributed by atoms with Crippen LogP contribution < -0.4 is 0 Å². The Morgan fingerprint density at radius 3 is 2.53 bits per heavy atom. The second-order valence-corrected chi connectivity index (χ2v) is 8.68. The number of rotatable bonds is 14. The minimum Gasteiger partial charge on any atom is -0.428 e. The van der Waals surface area contributed by atoms with Crippen molar-refractivity contribution in [2.75, 3.05) is 39.6 Å². The molecular formula is C16H27N5O8S. The summed E-state index contributed by atoms with van der Waals surface area (Å²) < 4.78 is 36.1. The predicted octanol–water partition coefficient (Wildman–Crippen LogP) is 1.35. The Morgan fingerprint density at radius 1 is 1.27 bits per heavy atom. The smallest absolute Gasteiger partial charge is 0.428 e. The molecule has 0 bridgehead atoms. The third-order valence-electron chi connectivity index (χ3n) is 4.26. The summed E-state index contributed by atoms with van der Waals surface area (Å²) in [6.07, 6.45) is -0.608. The number of methoxy groups -OCH3 is 1. The van der Waals surface area contributed by atoms with Crippen LogP contribution in [0.1, 0.15) is 38.5 Å². The van der Waals surface area contributed by atoms with E-state index in [0.29, 0.717) is 30.9 Å². The molecular weight excluding hydrogens is 422 g/mol. The zero-order chi connectivity index (χ0) is 22.6. The molecule has 0 aliphatic carbocycles. The maximum Gasteiger partial charge on any atom is 0.534 e. The van der Waals surface area contributed by atoms with Crippen LogP contribution in [0.15, 0.2) is 5.11 Å². The normalized spacial score (nSPS) is 15.2. The Hall–Kier alpha value is -2.41. The van der Waals surface area contributed by atoms with Gasteiger partial charge in [0.25, 0.3) is 11.8 Å². The fourth-order valence-corrected chi connectivity index (χ4v) is 3.88. The molecule has 1 atom stereocenters. The number of amides is 2. The van der Waals surface area contributed by atoms with Crippen LogP contribution in [0.5, 0.6) is 0 Å². The van der Waals surface area contributed by atoms with Gasteiger partial charge >= 0.3 is 6.16 Å². The number of carbonyl (C=O) groups excluding carboxylic acids is 3. The van der Waals surface area contributed by atoms with E-state index in [-0.39, 0.29) is 32.4 Å². The molecule has 0 spiro atoms.